The molecule has 0 spiro atoms. The van der Waals surface area contributed by atoms with Crippen LogP contribution >= 0.6 is 11.6 Å². The van der Waals surface area contributed by atoms with E-state index in [1.54, 1.807) is 6.07 Å². The minimum Gasteiger partial charge on any atom is -0.497 e. The number of sulfonamides is 1. The molecule has 0 bridgehead atoms. The molecule has 0 fully saturated rings. The van der Waals surface area contributed by atoms with Crippen LogP contribution in [0.15, 0.2) is 41.4 Å². The third-order valence-corrected chi connectivity index (χ3v) is 4.13. The van der Waals surface area contributed by atoms with Gasteiger partial charge in [-0.2, -0.15) is 0 Å². The van der Waals surface area contributed by atoms with Crippen LogP contribution in [0.25, 0.3) is 0 Å². The molecule has 1 heterocycles. The molecule has 0 saturated carbocycles. The zero-order valence-corrected chi connectivity index (χ0v) is 12.1. The van der Waals surface area contributed by atoms with Gasteiger partial charge in [0.2, 0.25) is 0 Å². The Kier molecular flexibility index (Phi) is 4.01. The molecule has 3 N–H and O–H groups in total. The van der Waals surface area contributed by atoms with Gasteiger partial charge in [-0.05, 0) is 18.2 Å². The maximum Gasteiger partial charge on any atom is 0.265 e. The highest BCUT2D eigenvalue weighted by atomic mass is 35.5. The van der Waals surface area contributed by atoms with E-state index in [-0.39, 0.29) is 16.4 Å². The van der Waals surface area contributed by atoms with Gasteiger partial charge in [-0.3, -0.25) is 4.72 Å². The summed E-state index contributed by atoms with van der Waals surface area (Å²) in [5.74, 6) is 0.593. The molecule has 0 unspecified atom stereocenters. The van der Waals surface area contributed by atoms with Crippen LogP contribution in [-0.4, -0.2) is 20.5 Å². The number of hydrogen-bond acceptors (Lipinski definition) is 5. The normalized spacial score (nSPS) is 11.1. The zero-order valence-electron chi connectivity index (χ0n) is 10.5. The van der Waals surface area contributed by atoms with Crippen LogP contribution in [0.3, 0.4) is 0 Å². The molecule has 106 valence electrons. The van der Waals surface area contributed by atoms with Crippen molar-refractivity contribution in [1.82, 2.24) is 4.98 Å². The largest absolute Gasteiger partial charge is 0.497 e. The molecular weight excluding hydrogens is 302 g/mol. The Bertz CT molecular complexity index is 734. The Balaban J connectivity index is 2.36. The molecule has 0 radical (unpaired) electrons. The number of benzene rings is 1. The van der Waals surface area contributed by atoms with E-state index in [2.05, 4.69) is 9.71 Å². The van der Waals surface area contributed by atoms with Crippen LogP contribution in [0.5, 0.6) is 5.75 Å². The van der Waals surface area contributed by atoms with Crippen molar-refractivity contribution >= 4 is 33.1 Å². The van der Waals surface area contributed by atoms with Crippen molar-refractivity contribution < 1.29 is 13.2 Å². The van der Waals surface area contributed by atoms with E-state index < -0.39 is 10.0 Å². The molecule has 8 heteroatoms. The lowest BCUT2D eigenvalue weighted by Gasteiger charge is -2.10. The average molecular weight is 314 g/mol. The molecule has 1 aromatic heterocycles. The van der Waals surface area contributed by atoms with E-state index in [4.69, 9.17) is 22.1 Å². The van der Waals surface area contributed by atoms with E-state index in [1.165, 1.54) is 37.6 Å². The van der Waals surface area contributed by atoms with Crippen LogP contribution in [0, 0.1) is 0 Å². The smallest absolute Gasteiger partial charge is 0.265 e. The van der Waals surface area contributed by atoms with E-state index in [0.29, 0.717) is 10.8 Å². The molecule has 0 aliphatic heterocycles. The highest BCUT2D eigenvalue weighted by Gasteiger charge is 2.18. The average Bonchev–Trinajstić information content (AvgIpc) is 2.37. The summed E-state index contributed by atoms with van der Waals surface area (Å²) >= 11 is 5.77. The number of methoxy groups -OCH3 is 1. The van der Waals surface area contributed by atoms with Crippen molar-refractivity contribution in [3.05, 3.63) is 41.6 Å². The predicted molar refractivity (Wildman–Crippen MR) is 77.5 cm³/mol. The van der Waals surface area contributed by atoms with Crippen LogP contribution in [-0.2, 0) is 10.0 Å². The van der Waals surface area contributed by atoms with Gasteiger partial charge in [0, 0.05) is 23.4 Å². The van der Waals surface area contributed by atoms with Crippen molar-refractivity contribution in [2.45, 2.75) is 4.90 Å². The minimum atomic E-state index is -3.84. The highest BCUT2D eigenvalue weighted by Crippen LogP contribution is 2.25. The van der Waals surface area contributed by atoms with Gasteiger partial charge in [0.1, 0.15) is 16.5 Å². The molecule has 2 rings (SSSR count). The van der Waals surface area contributed by atoms with E-state index >= 15 is 0 Å². The number of ether oxygens (including phenoxy) is 1. The second-order valence-electron chi connectivity index (χ2n) is 3.87. The minimum absolute atomic E-state index is 0.0555. The summed E-state index contributed by atoms with van der Waals surface area (Å²) in [4.78, 5) is 3.82. The Morgan fingerprint density at radius 1 is 1.30 bits per heavy atom. The molecule has 0 aliphatic carbocycles. The number of nitrogens with one attached hydrogen (secondary N) is 1. The zero-order chi connectivity index (χ0) is 14.8. The van der Waals surface area contributed by atoms with Gasteiger partial charge >= 0.3 is 0 Å². The first-order valence-electron chi connectivity index (χ1n) is 5.50. The highest BCUT2D eigenvalue weighted by molar-refractivity contribution is 7.92. The van der Waals surface area contributed by atoms with Crippen molar-refractivity contribution in [2.24, 2.45) is 0 Å². The van der Waals surface area contributed by atoms with Gasteiger partial charge in [0.25, 0.3) is 10.0 Å². The third-order valence-electron chi connectivity index (χ3n) is 2.47. The van der Waals surface area contributed by atoms with Gasteiger partial charge in [-0.25, -0.2) is 13.4 Å². The summed E-state index contributed by atoms with van der Waals surface area (Å²) in [7, 11) is -2.37. The maximum atomic E-state index is 12.2. The number of aromatic nitrogens is 1. The molecule has 0 amide bonds. The second kappa shape index (κ2) is 5.56. The fourth-order valence-corrected chi connectivity index (χ4v) is 2.82. The van der Waals surface area contributed by atoms with Crippen LogP contribution in [0.1, 0.15) is 0 Å². The monoisotopic (exact) mass is 313 g/mol. The van der Waals surface area contributed by atoms with E-state index in [1.807, 2.05) is 0 Å². The lowest BCUT2D eigenvalue weighted by molar-refractivity contribution is 0.414. The van der Waals surface area contributed by atoms with Crippen molar-refractivity contribution in [2.75, 3.05) is 17.6 Å². The summed E-state index contributed by atoms with van der Waals surface area (Å²) in [6.45, 7) is 0. The van der Waals surface area contributed by atoms with Gasteiger partial charge in [0.15, 0.2) is 0 Å². The topological polar surface area (TPSA) is 94.3 Å². The van der Waals surface area contributed by atoms with Crippen molar-refractivity contribution in [3.8, 4) is 5.75 Å². The van der Waals surface area contributed by atoms with Crippen LogP contribution in [0.4, 0.5) is 11.5 Å². The van der Waals surface area contributed by atoms with E-state index in [0.717, 1.165) is 0 Å². The van der Waals surface area contributed by atoms with Gasteiger partial charge in [-0.1, -0.05) is 11.6 Å². The first-order valence-corrected chi connectivity index (χ1v) is 7.36. The SMILES string of the molecule is COc1ccc(S(=O)(=O)Nc2cc(Cl)ccn2)c(N)c1. The summed E-state index contributed by atoms with van der Waals surface area (Å²) in [6, 6.07) is 7.25. The fraction of sp³-hybridized carbons (Fsp3) is 0.0833. The molecule has 1 aromatic carbocycles. The summed E-state index contributed by atoms with van der Waals surface area (Å²) in [5, 5.41) is 0.375. The lowest BCUT2D eigenvalue weighted by atomic mass is 10.3. The quantitative estimate of drug-likeness (QED) is 0.843. The predicted octanol–water partition coefficient (Wildman–Crippen LogP) is 2.13. The molecule has 20 heavy (non-hydrogen) atoms. The van der Waals surface area contributed by atoms with Crippen molar-refractivity contribution in [1.29, 1.82) is 0 Å². The van der Waals surface area contributed by atoms with Crippen molar-refractivity contribution in [3.63, 3.8) is 0 Å². The number of hydrogen-bond donors (Lipinski definition) is 2. The van der Waals surface area contributed by atoms with Gasteiger partial charge < -0.3 is 10.5 Å². The number of halogens is 1. The number of nitrogen functional groups attached to an aromatic ring is 1. The number of nitrogens with two attached hydrogens (primary N) is 1. The summed E-state index contributed by atoms with van der Waals surface area (Å²) < 4.78 is 31.7. The number of pyridine rings is 1. The maximum absolute atomic E-state index is 12.2. The Hall–Kier alpha value is -1.99. The first kappa shape index (κ1) is 14.4. The van der Waals surface area contributed by atoms with Crippen LogP contribution in [0.2, 0.25) is 5.02 Å². The number of rotatable bonds is 4. The molecule has 0 saturated heterocycles. The molecular formula is C12H12ClN3O3S. The molecule has 2 aromatic rings. The fourth-order valence-electron chi connectivity index (χ4n) is 1.55. The second-order valence-corrected chi connectivity index (χ2v) is 5.96. The molecule has 6 nitrogen and oxygen atoms in total. The number of nitrogens with zero attached hydrogens (tertiary/aromatic N) is 1. The first-order chi connectivity index (χ1) is 9.42. The Morgan fingerprint density at radius 3 is 2.65 bits per heavy atom. The van der Waals surface area contributed by atoms with Gasteiger partial charge in [-0.15, -0.1) is 0 Å². The van der Waals surface area contributed by atoms with E-state index in [9.17, 15) is 8.42 Å². The lowest BCUT2D eigenvalue weighted by Crippen LogP contribution is -2.15. The molecule has 0 atom stereocenters. The summed E-state index contributed by atoms with van der Waals surface area (Å²) in [5.41, 5.74) is 5.80. The Morgan fingerprint density at radius 2 is 2.05 bits per heavy atom. The standard InChI is InChI=1S/C12H12ClN3O3S/c1-19-9-2-3-11(10(14)7-9)20(17,18)16-12-6-8(13)4-5-15-12/h2-7H,14H2,1H3,(H,15,16). The Labute approximate surface area is 121 Å². The molecule has 0 aliphatic rings. The summed E-state index contributed by atoms with van der Waals surface area (Å²) in [6.07, 6.45) is 1.40. The van der Waals surface area contributed by atoms with Crippen LogP contribution < -0.4 is 15.2 Å². The number of anilines is 2. The van der Waals surface area contributed by atoms with Gasteiger partial charge in [0.05, 0.1) is 12.8 Å². The third kappa shape index (κ3) is 3.12.